The molecular formula is C14H22N2O7S. The molecule has 0 aliphatic heterocycles. The van der Waals surface area contributed by atoms with Crippen LogP contribution in [-0.2, 0) is 24.7 Å². The number of anilines is 2. The van der Waals surface area contributed by atoms with Crippen LogP contribution >= 0.6 is 0 Å². The second-order valence-electron chi connectivity index (χ2n) is 5.79. The van der Waals surface area contributed by atoms with Gasteiger partial charge in [-0.05, 0) is 18.2 Å². The van der Waals surface area contributed by atoms with Crippen LogP contribution in [0.5, 0.6) is 0 Å². The van der Waals surface area contributed by atoms with Gasteiger partial charge >= 0.3 is 10.4 Å². The number of carbonyl (C=O) groups is 2. The molecule has 0 saturated heterocycles. The molecule has 10 heteroatoms. The van der Waals surface area contributed by atoms with Crippen molar-refractivity contribution in [3.05, 3.63) is 24.3 Å². The van der Waals surface area contributed by atoms with Crippen molar-refractivity contribution in [2.45, 2.75) is 26.9 Å². The van der Waals surface area contributed by atoms with E-state index >= 15 is 0 Å². The fraction of sp³-hybridized carbons (Fsp3) is 0.429. The Kier molecular flexibility index (Phi) is 8.00. The summed E-state index contributed by atoms with van der Waals surface area (Å²) >= 11 is 0. The lowest BCUT2D eigenvalue weighted by atomic mass is 9.87. The highest BCUT2D eigenvalue weighted by atomic mass is 32.3. The molecule has 5 N–H and O–H groups in total. The Labute approximate surface area is 140 Å². The zero-order chi connectivity index (χ0) is 19.1. The molecule has 0 saturated carbocycles. The normalized spacial score (nSPS) is 12.6. The molecule has 1 aromatic rings. The summed E-state index contributed by atoms with van der Waals surface area (Å²) in [4.78, 5) is 24.1. The fourth-order valence-corrected chi connectivity index (χ4v) is 1.55. The van der Waals surface area contributed by atoms with E-state index in [-0.39, 0.29) is 5.78 Å². The number of hydrogen-bond donors (Lipinski definition) is 4. The second kappa shape index (κ2) is 8.73. The molecule has 0 bridgehead atoms. The summed E-state index contributed by atoms with van der Waals surface area (Å²) in [6.07, 6.45) is -1.12. The van der Waals surface area contributed by atoms with Crippen LogP contribution in [0.3, 0.4) is 0 Å². The molecule has 0 heterocycles. The van der Waals surface area contributed by atoms with Crippen LogP contribution < -0.4 is 11.1 Å². The molecule has 0 aromatic heterocycles. The van der Waals surface area contributed by atoms with Crippen molar-refractivity contribution in [3.63, 3.8) is 0 Å². The highest BCUT2D eigenvalue weighted by Crippen LogP contribution is 2.19. The number of nitrogens with one attached hydrogen (secondary N) is 1. The van der Waals surface area contributed by atoms with Crippen LogP contribution in [0, 0.1) is 5.41 Å². The van der Waals surface area contributed by atoms with Gasteiger partial charge in [-0.15, -0.1) is 0 Å². The summed E-state index contributed by atoms with van der Waals surface area (Å²) in [5, 5.41) is 2.62. The summed E-state index contributed by atoms with van der Waals surface area (Å²) < 4.78 is 36.6. The van der Waals surface area contributed by atoms with Crippen molar-refractivity contribution < 1.29 is 31.8 Å². The van der Waals surface area contributed by atoms with Crippen molar-refractivity contribution in [3.8, 4) is 0 Å². The summed E-state index contributed by atoms with van der Waals surface area (Å²) in [7, 11) is -3.33. The Morgan fingerprint density at radius 2 is 1.75 bits per heavy atom. The predicted molar refractivity (Wildman–Crippen MR) is 88.9 cm³/mol. The van der Waals surface area contributed by atoms with Crippen LogP contribution in [0.4, 0.5) is 11.4 Å². The van der Waals surface area contributed by atoms with Gasteiger partial charge in [0.05, 0.1) is 0 Å². The number of ketones is 1. The summed E-state index contributed by atoms with van der Waals surface area (Å²) in [6, 6.07) is 6.75. The van der Waals surface area contributed by atoms with Crippen molar-refractivity contribution in [2.24, 2.45) is 5.41 Å². The number of nitrogen functional groups attached to an aromatic ring is 1. The molecular weight excluding hydrogens is 340 g/mol. The zero-order valence-corrected chi connectivity index (χ0v) is 14.6. The van der Waals surface area contributed by atoms with E-state index in [4.69, 9.17) is 28.0 Å². The minimum Gasteiger partial charge on any atom is -0.399 e. The third-order valence-corrected chi connectivity index (χ3v) is 2.61. The first kappa shape index (κ1) is 22.0. The standard InChI is InChI=1S/C14H20N2O3.H2O4S/c1-14(2,3)12(17)11(19-4)13(18)16-10-7-5-6-9(15)8-10;1-5(2,3)4/h5-8,11H,15H2,1-4H3,(H,16,18);(H2,1,2,3,4). The number of methoxy groups -OCH3 is 1. The van der Waals surface area contributed by atoms with Crippen LogP contribution in [0.2, 0.25) is 0 Å². The SMILES string of the molecule is COC(C(=O)Nc1cccc(N)c1)C(=O)C(C)(C)C.O=S(=O)(O)O. The van der Waals surface area contributed by atoms with Gasteiger partial charge in [-0.25, -0.2) is 0 Å². The summed E-state index contributed by atoms with van der Waals surface area (Å²) in [5.41, 5.74) is 6.05. The minimum atomic E-state index is -4.67. The number of Topliss-reactive ketones (excluding diaryl/α,β-unsaturated/α-hetero) is 1. The molecule has 136 valence electrons. The number of carbonyl (C=O) groups excluding carboxylic acids is 2. The van der Waals surface area contributed by atoms with Gasteiger partial charge in [0.1, 0.15) is 0 Å². The van der Waals surface area contributed by atoms with E-state index in [1.807, 2.05) is 0 Å². The maximum absolute atomic E-state index is 12.1. The first-order valence-corrected chi connectivity index (χ1v) is 8.09. The molecule has 24 heavy (non-hydrogen) atoms. The molecule has 1 rings (SSSR count). The number of amides is 1. The van der Waals surface area contributed by atoms with Crippen molar-refractivity contribution in [1.82, 2.24) is 0 Å². The van der Waals surface area contributed by atoms with E-state index in [1.165, 1.54) is 7.11 Å². The first-order valence-electron chi connectivity index (χ1n) is 6.69. The van der Waals surface area contributed by atoms with E-state index in [2.05, 4.69) is 5.32 Å². The Bertz CT molecular complexity index is 673. The van der Waals surface area contributed by atoms with Crippen molar-refractivity contribution in [1.29, 1.82) is 0 Å². The third kappa shape index (κ3) is 9.20. The first-order chi connectivity index (χ1) is 10.8. The van der Waals surface area contributed by atoms with Gasteiger partial charge in [0.25, 0.3) is 5.91 Å². The van der Waals surface area contributed by atoms with Gasteiger partial charge in [0.15, 0.2) is 11.9 Å². The molecule has 1 unspecified atom stereocenters. The Morgan fingerprint density at radius 1 is 1.25 bits per heavy atom. The van der Waals surface area contributed by atoms with Gasteiger partial charge < -0.3 is 15.8 Å². The van der Waals surface area contributed by atoms with Crippen molar-refractivity contribution >= 4 is 33.5 Å². The number of rotatable bonds is 4. The molecule has 0 fully saturated rings. The lowest BCUT2D eigenvalue weighted by Gasteiger charge is -2.22. The monoisotopic (exact) mass is 362 g/mol. The average molecular weight is 362 g/mol. The zero-order valence-electron chi connectivity index (χ0n) is 13.8. The van der Waals surface area contributed by atoms with Crippen LogP contribution in [-0.4, -0.2) is 42.4 Å². The largest absolute Gasteiger partial charge is 0.399 e. The molecule has 1 atom stereocenters. The topological polar surface area (TPSA) is 156 Å². The van der Waals surface area contributed by atoms with Gasteiger partial charge in [-0.3, -0.25) is 18.7 Å². The summed E-state index contributed by atoms with van der Waals surface area (Å²) in [5.74, 6) is -0.760. The highest BCUT2D eigenvalue weighted by molar-refractivity contribution is 7.79. The molecule has 1 aromatic carbocycles. The summed E-state index contributed by atoms with van der Waals surface area (Å²) in [6.45, 7) is 5.24. The van der Waals surface area contributed by atoms with Gasteiger partial charge in [-0.1, -0.05) is 26.8 Å². The van der Waals surface area contributed by atoms with E-state index < -0.39 is 27.8 Å². The van der Waals surface area contributed by atoms with E-state index in [0.29, 0.717) is 11.4 Å². The second-order valence-corrected chi connectivity index (χ2v) is 6.69. The Hall–Kier alpha value is -2.01. The number of ether oxygens (including phenoxy) is 1. The molecule has 9 nitrogen and oxygen atoms in total. The van der Waals surface area contributed by atoms with Gasteiger partial charge in [0.2, 0.25) is 0 Å². The van der Waals surface area contributed by atoms with Gasteiger partial charge in [0, 0.05) is 23.9 Å². The molecule has 0 aliphatic rings. The smallest absolute Gasteiger partial charge is 0.394 e. The maximum atomic E-state index is 12.1. The lowest BCUT2D eigenvalue weighted by molar-refractivity contribution is -0.144. The number of benzene rings is 1. The van der Waals surface area contributed by atoms with E-state index in [1.54, 1.807) is 45.0 Å². The minimum absolute atomic E-state index is 0.267. The molecule has 0 spiro atoms. The van der Waals surface area contributed by atoms with E-state index in [9.17, 15) is 9.59 Å². The Morgan fingerprint density at radius 3 is 2.12 bits per heavy atom. The van der Waals surface area contributed by atoms with Crippen LogP contribution in [0.25, 0.3) is 0 Å². The quantitative estimate of drug-likeness (QED) is 0.353. The average Bonchev–Trinajstić information content (AvgIpc) is 2.36. The maximum Gasteiger partial charge on any atom is 0.394 e. The van der Waals surface area contributed by atoms with Crippen molar-refractivity contribution in [2.75, 3.05) is 18.2 Å². The van der Waals surface area contributed by atoms with Gasteiger partial charge in [-0.2, -0.15) is 8.42 Å². The molecule has 0 aliphatic carbocycles. The predicted octanol–water partition coefficient (Wildman–Crippen LogP) is 1.18. The highest BCUT2D eigenvalue weighted by Gasteiger charge is 2.34. The molecule has 0 radical (unpaired) electrons. The molecule has 1 amide bonds. The van der Waals surface area contributed by atoms with Crippen LogP contribution in [0.1, 0.15) is 20.8 Å². The third-order valence-electron chi connectivity index (χ3n) is 2.61. The van der Waals surface area contributed by atoms with Crippen LogP contribution in [0.15, 0.2) is 24.3 Å². The number of hydrogen-bond acceptors (Lipinski definition) is 6. The Balaban J connectivity index is 0.000000922. The van der Waals surface area contributed by atoms with E-state index in [0.717, 1.165) is 0 Å². The fourth-order valence-electron chi connectivity index (χ4n) is 1.55. The number of nitrogens with two attached hydrogens (primary N) is 1. The lowest BCUT2D eigenvalue weighted by Crippen LogP contribution is -2.42.